The number of hydrogen-bond donors (Lipinski definition) is 3. The molecule has 1 unspecified atom stereocenters. The number of aliphatic carboxylic acids is 1. The highest BCUT2D eigenvalue weighted by Crippen LogP contribution is 2.21. The van der Waals surface area contributed by atoms with E-state index in [2.05, 4.69) is 10.0 Å². The first kappa shape index (κ1) is 19.4. The van der Waals surface area contributed by atoms with Crippen molar-refractivity contribution in [3.63, 3.8) is 0 Å². The van der Waals surface area contributed by atoms with Crippen molar-refractivity contribution in [3.8, 4) is 0 Å². The van der Waals surface area contributed by atoms with Gasteiger partial charge in [0.15, 0.2) is 0 Å². The zero-order valence-electron chi connectivity index (χ0n) is 14.2. The van der Waals surface area contributed by atoms with Gasteiger partial charge >= 0.3 is 5.97 Å². The van der Waals surface area contributed by atoms with Crippen LogP contribution in [-0.4, -0.2) is 37.5 Å². The molecule has 1 amide bonds. The predicted octanol–water partition coefficient (Wildman–Crippen LogP) is 1.89. The molecule has 1 atom stereocenters. The number of hydrogen-bond acceptors (Lipinski definition) is 4. The molecule has 7 nitrogen and oxygen atoms in total. The van der Waals surface area contributed by atoms with E-state index >= 15 is 0 Å². The van der Waals surface area contributed by atoms with Gasteiger partial charge in [-0.25, -0.2) is 17.9 Å². The smallest absolute Gasteiger partial charge is 0.326 e. The molecule has 0 bridgehead atoms. The number of carboxylic acid groups (broad SMARTS) is 1. The van der Waals surface area contributed by atoms with Gasteiger partial charge in [-0.1, -0.05) is 32.3 Å². The van der Waals surface area contributed by atoms with E-state index in [4.69, 9.17) is 5.11 Å². The summed E-state index contributed by atoms with van der Waals surface area (Å²) < 4.78 is 27.6. The lowest BCUT2D eigenvalue weighted by atomic mass is 10.1. The number of carboxylic acids is 1. The highest BCUT2D eigenvalue weighted by molar-refractivity contribution is 7.89. The Balaban J connectivity index is 2.14. The van der Waals surface area contributed by atoms with Crippen LogP contribution in [0.25, 0.3) is 0 Å². The second-order valence-electron chi connectivity index (χ2n) is 6.28. The average Bonchev–Trinajstić information content (AvgIpc) is 3.06. The van der Waals surface area contributed by atoms with Gasteiger partial charge in [0.25, 0.3) is 5.91 Å². The Labute approximate surface area is 147 Å². The Kier molecular flexibility index (Phi) is 6.55. The fraction of sp³-hybridized carbons (Fsp3) is 0.529. The SMILES string of the molecule is CCCC(NC(=O)c1cccc(S(=O)(=O)NC2CCCC2)c1)C(=O)O. The molecule has 1 saturated carbocycles. The highest BCUT2D eigenvalue weighted by atomic mass is 32.2. The second kappa shape index (κ2) is 8.44. The van der Waals surface area contributed by atoms with Crippen molar-refractivity contribution in [2.75, 3.05) is 0 Å². The van der Waals surface area contributed by atoms with E-state index in [0.717, 1.165) is 25.7 Å². The number of amides is 1. The molecule has 0 saturated heterocycles. The quantitative estimate of drug-likeness (QED) is 0.649. The molecular formula is C17H24N2O5S. The maximum absolute atomic E-state index is 12.5. The van der Waals surface area contributed by atoms with Crippen LogP contribution in [0.15, 0.2) is 29.2 Å². The maximum Gasteiger partial charge on any atom is 0.326 e. The third kappa shape index (κ3) is 5.27. The van der Waals surface area contributed by atoms with Gasteiger partial charge in [0.2, 0.25) is 10.0 Å². The molecule has 0 heterocycles. The van der Waals surface area contributed by atoms with Crippen molar-refractivity contribution in [2.45, 2.75) is 62.4 Å². The maximum atomic E-state index is 12.5. The molecule has 0 radical (unpaired) electrons. The zero-order chi connectivity index (χ0) is 18.4. The molecule has 25 heavy (non-hydrogen) atoms. The summed E-state index contributed by atoms with van der Waals surface area (Å²) in [5.41, 5.74) is 0.122. The molecular weight excluding hydrogens is 344 g/mol. The van der Waals surface area contributed by atoms with Crippen molar-refractivity contribution in [2.24, 2.45) is 0 Å². The van der Waals surface area contributed by atoms with E-state index in [1.54, 1.807) is 0 Å². The van der Waals surface area contributed by atoms with Crippen LogP contribution >= 0.6 is 0 Å². The van der Waals surface area contributed by atoms with Crippen LogP contribution < -0.4 is 10.0 Å². The zero-order valence-corrected chi connectivity index (χ0v) is 15.0. The van der Waals surface area contributed by atoms with E-state index < -0.39 is 27.9 Å². The van der Waals surface area contributed by atoms with Crippen molar-refractivity contribution >= 4 is 21.9 Å². The summed E-state index contributed by atoms with van der Waals surface area (Å²) in [5, 5.41) is 11.6. The lowest BCUT2D eigenvalue weighted by molar-refractivity contribution is -0.139. The highest BCUT2D eigenvalue weighted by Gasteiger charge is 2.24. The Morgan fingerprint density at radius 2 is 1.96 bits per heavy atom. The monoisotopic (exact) mass is 368 g/mol. The van der Waals surface area contributed by atoms with Crippen molar-refractivity contribution in [3.05, 3.63) is 29.8 Å². The van der Waals surface area contributed by atoms with E-state index in [9.17, 15) is 18.0 Å². The summed E-state index contributed by atoms with van der Waals surface area (Å²) >= 11 is 0. The average molecular weight is 368 g/mol. The minimum atomic E-state index is -3.70. The van der Waals surface area contributed by atoms with E-state index in [-0.39, 0.29) is 16.5 Å². The Bertz CT molecular complexity index is 726. The lowest BCUT2D eigenvalue weighted by Crippen LogP contribution is -2.40. The first-order valence-corrected chi connectivity index (χ1v) is 9.98. The van der Waals surface area contributed by atoms with Crippen LogP contribution in [0.1, 0.15) is 55.8 Å². The fourth-order valence-electron chi connectivity index (χ4n) is 2.92. The summed E-state index contributed by atoms with van der Waals surface area (Å²) in [6, 6.07) is 4.59. The summed E-state index contributed by atoms with van der Waals surface area (Å²) in [6.45, 7) is 1.82. The third-order valence-electron chi connectivity index (χ3n) is 4.26. The molecule has 1 aliphatic carbocycles. The van der Waals surface area contributed by atoms with Crippen molar-refractivity contribution in [1.82, 2.24) is 10.0 Å². The standard InChI is InChI=1S/C17H24N2O5S/c1-2-6-15(17(21)22)18-16(20)12-7-5-10-14(11-12)25(23,24)19-13-8-3-4-9-13/h5,7,10-11,13,15,19H,2-4,6,8-9H2,1H3,(H,18,20)(H,21,22). The predicted molar refractivity (Wildman–Crippen MR) is 92.8 cm³/mol. The number of rotatable bonds is 8. The Morgan fingerprint density at radius 3 is 2.56 bits per heavy atom. The first-order valence-electron chi connectivity index (χ1n) is 8.49. The van der Waals surface area contributed by atoms with E-state index in [0.29, 0.717) is 12.8 Å². The van der Waals surface area contributed by atoms with Gasteiger partial charge in [-0.15, -0.1) is 0 Å². The van der Waals surface area contributed by atoms with Crippen LogP contribution in [0, 0.1) is 0 Å². The molecule has 1 aliphatic rings. The van der Waals surface area contributed by atoms with Crippen molar-refractivity contribution in [1.29, 1.82) is 0 Å². The number of carbonyl (C=O) groups excluding carboxylic acids is 1. The fourth-order valence-corrected chi connectivity index (χ4v) is 4.27. The van der Waals surface area contributed by atoms with Gasteiger partial charge in [0.05, 0.1) is 4.90 Å². The number of carbonyl (C=O) groups is 2. The molecule has 3 N–H and O–H groups in total. The topological polar surface area (TPSA) is 113 Å². The van der Waals surface area contributed by atoms with Crippen LogP contribution in [0.2, 0.25) is 0 Å². The van der Waals surface area contributed by atoms with Gasteiger partial charge in [-0.3, -0.25) is 4.79 Å². The molecule has 0 aromatic heterocycles. The van der Waals surface area contributed by atoms with Gasteiger partial charge in [-0.05, 0) is 37.5 Å². The molecule has 0 spiro atoms. The van der Waals surface area contributed by atoms with Gasteiger partial charge in [0, 0.05) is 11.6 Å². The number of benzene rings is 1. The molecule has 0 aliphatic heterocycles. The summed E-state index contributed by atoms with van der Waals surface area (Å²) in [5.74, 6) is -1.71. The minimum Gasteiger partial charge on any atom is -0.480 e. The van der Waals surface area contributed by atoms with Crippen LogP contribution in [0.3, 0.4) is 0 Å². The van der Waals surface area contributed by atoms with Crippen molar-refractivity contribution < 1.29 is 23.1 Å². The second-order valence-corrected chi connectivity index (χ2v) is 8.00. The molecule has 138 valence electrons. The molecule has 1 aromatic rings. The van der Waals surface area contributed by atoms with Gasteiger partial charge < -0.3 is 10.4 Å². The van der Waals surface area contributed by atoms with E-state index in [1.165, 1.54) is 24.3 Å². The Hall–Kier alpha value is -1.93. The molecule has 1 aromatic carbocycles. The number of nitrogens with one attached hydrogen (secondary N) is 2. The Morgan fingerprint density at radius 1 is 1.28 bits per heavy atom. The molecule has 1 fully saturated rings. The summed E-state index contributed by atoms with van der Waals surface area (Å²) in [7, 11) is -3.70. The summed E-state index contributed by atoms with van der Waals surface area (Å²) in [4.78, 5) is 23.4. The largest absolute Gasteiger partial charge is 0.480 e. The van der Waals surface area contributed by atoms with Crippen LogP contribution in [0.4, 0.5) is 0 Å². The normalized spacial score (nSPS) is 16.5. The van der Waals surface area contributed by atoms with Crippen LogP contribution in [-0.2, 0) is 14.8 Å². The first-order chi connectivity index (χ1) is 11.8. The van der Waals surface area contributed by atoms with Gasteiger partial charge in [0.1, 0.15) is 6.04 Å². The van der Waals surface area contributed by atoms with E-state index in [1.807, 2.05) is 6.92 Å². The number of sulfonamides is 1. The summed E-state index contributed by atoms with van der Waals surface area (Å²) in [6.07, 6.45) is 4.56. The molecule has 8 heteroatoms. The molecule has 2 rings (SSSR count). The third-order valence-corrected chi connectivity index (χ3v) is 5.78. The minimum absolute atomic E-state index is 0.00872. The van der Waals surface area contributed by atoms with Crippen LogP contribution in [0.5, 0.6) is 0 Å². The lowest BCUT2D eigenvalue weighted by Gasteiger charge is -2.15. The van der Waals surface area contributed by atoms with Gasteiger partial charge in [-0.2, -0.15) is 0 Å².